The molecule has 2 heterocycles. The lowest BCUT2D eigenvalue weighted by Crippen LogP contribution is -2.09. The van der Waals surface area contributed by atoms with E-state index in [2.05, 4.69) is 9.55 Å². The first-order valence-electron chi connectivity index (χ1n) is 6.13. The molecule has 100 valence electrons. The zero-order chi connectivity index (χ0) is 14.1. The summed E-state index contributed by atoms with van der Waals surface area (Å²) in [5.41, 5.74) is 8.77. The lowest BCUT2D eigenvalue weighted by molar-refractivity contribution is 0.835. The van der Waals surface area contributed by atoms with Gasteiger partial charge in [0.1, 0.15) is 4.99 Å². The summed E-state index contributed by atoms with van der Waals surface area (Å²) in [4.78, 5) is 4.41. The minimum Gasteiger partial charge on any atom is -0.389 e. The topological polar surface area (TPSA) is 43.8 Å². The summed E-state index contributed by atoms with van der Waals surface area (Å²) < 4.78 is 2.12. The maximum atomic E-state index is 6.16. The van der Waals surface area contributed by atoms with E-state index in [0.29, 0.717) is 16.6 Å². The van der Waals surface area contributed by atoms with Gasteiger partial charge >= 0.3 is 0 Å². The van der Waals surface area contributed by atoms with E-state index < -0.39 is 0 Å². The molecule has 0 saturated heterocycles. The molecule has 3 rings (SSSR count). The Bertz CT molecular complexity index is 795. The Kier molecular flexibility index (Phi) is 3.42. The molecule has 0 amide bonds. The minimum absolute atomic E-state index is 0.412. The number of hydrogen-bond donors (Lipinski definition) is 1. The number of fused-ring (bicyclic) bond motifs is 1. The number of nitrogens with two attached hydrogens (primary N) is 1. The van der Waals surface area contributed by atoms with E-state index >= 15 is 0 Å². The summed E-state index contributed by atoms with van der Waals surface area (Å²) in [6.45, 7) is 0.686. The Morgan fingerprint density at radius 3 is 2.90 bits per heavy atom. The van der Waals surface area contributed by atoms with Crippen molar-refractivity contribution in [3.05, 3.63) is 65.1 Å². The predicted molar refractivity (Wildman–Crippen MR) is 86.2 cm³/mol. The van der Waals surface area contributed by atoms with Crippen LogP contribution in [0, 0.1) is 0 Å². The molecule has 0 bridgehead atoms. The summed E-state index contributed by atoms with van der Waals surface area (Å²) in [6, 6.07) is 9.90. The van der Waals surface area contributed by atoms with Crippen LogP contribution in [0.1, 0.15) is 11.1 Å². The van der Waals surface area contributed by atoms with Gasteiger partial charge in [0, 0.05) is 41.6 Å². The minimum atomic E-state index is 0.412. The van der Waals surface area contributed by atoms with Gasteiger partial charge in [-0.1, -0.05) is 36.0 Å². The Balaban J connectivity index is 2.08. The average Bonchev–Trinajstić information content (AvgIpc) is 2.84. The second-order valence-corrected chi connectivity index (χ2v) is 5.36. The number of halogens is 1. The van der Waals surface area contributed by atoms with Crippen LogP contribution in [0.5, 0.6) is 0 Å². The largest absolute Gasteiger partial charge is 0.389 e. The highest BCUT2D eigenvalue weighted by molar-refractivity contribution is 7.80. The van der Waals surface area contributed by atoms with Gasteiger partial charge in [-0.3, -0.25) is 4.98 Å². The third-order valence-corrected chi connectivity index (χ3v) is 3.84. The summed E-state index contributed by atoms with van der Waals surface area (Å²) in [5, 5.41) is 1.73. The van der Waals surface area contributed by atoms with E-state index in [1.807, 2.05) is 36.5 Å². The van der Waals surface area contributed by atoms with Gasteiger partial charge < -0.3 is 10.3 Å². The SMILES string of the molecule is NC(=S)c1cccc2c1ccn2Cc1ccncc1Cl. The van der Waals surface area contributed by atoms with Crippen molar-refractivity contribution in [1.82, 2.24) is 9.55 Å². The van der Waals surface area contributed by atoms with Gasteiger partial charge in [0.05, 0.1) is 5.02 Å². The molecule has 3 aromatic rings. The van der Waals surface area contributed by atoms with E-state index in [4.69, 9.17) is 29.6 Å². The molecule has 0 unspecified atom stereocenters. The van der Waals surface area contributed by atoms with Crippen molar-refractivity contribution in [2.75, 3.05) is 0 Å². The molecule has 2 N–H and O–H groups in total. The number of hydrogen-bond acceptors (Lipinski definition) is 2. The number of pyridine rings is 1. The maximum absolute atomic E-state index is 6.16. The Morgan fingerprint density at radius 1 is 1.30 bits per heavy atom. The maximum Gasteiger partial charge on any atom is 0.104 e. The molecule has 0 aliphatic heterocycles. The van der Waals surface area contributed by atoms with Gasteiger partial charge in [0.2, 0.25) is 0 Å². The van der Waals surface area contributed by atoms with E-state index in [0.717, 1.165) is 22.0 Å². The fourth-order valence-corrected chi connectivity index (χ4v) is 2.65. The second-order valence-electron chi connectivity index (χ2n) is 4.51. The van der Waals surface area contributed by atoms with Crippen molar-refractivity contribution in [2.24, 2.45) is 5.73 Å². The van der Waals surface area contributed by atoms with Gasteiger partial charge in [-0.2, -0.15) is 0 Å². The van der Waals surface area contributed by atoms with Crippen LogP contribution >= 0.6 is 23.8 Å². The average molecular weight is 302 g/mol. The number of benzene rings is 1. The number of aromatic nitrogens is 2. The molecule has 2 aromatic heterocycles. The van der Waals surface area contributed by atoms with Crippen molar-refractivity contribution in [3.63, 3.8) is 0 Å². The van der Waals surface area contributed by atoms with Gasteiger partial charge in [0.15, 0.2) is 0 Å². The van der Waals surface area contributed by atoms with Crippen LogP contribution in [0.3, 0.4) is 0 Å². The van der Waals surface area contributed by atoms with E-state index in [1.165, 1.54) is 0 Å². The molecule has 5 heteroatoms. The molecule has 0 saturated carbocycles. The Morgan fingerprint density at radius 2 is 2.15 bits per heavy atom. The molecule has 0 aliphatic carbocycles. The van der Waals surface area contributed by atoms with Gasteiger partial charge in [0.25, 0.3) is 0 Å². The monoisotopic (exact) mass is 301 g/mol. The van der Waals surface area contributed by atoms with Crippen LogP contribution in [0.4, 0.5) is 0 Å². The van der Waals surface area contributed by atoms with Crippen LogP contribution < -0.4 is 5.73 Å². The van der Waals surface area contributed by atoms with Crippen molar-refractivity contribution in [3.8, 4) is 0 Å². The second kappa shape index (κ2) is 5.23. The standard InChI is InChI=1S/C15H12ClN3S/c16-13-8-18-6-4-10(13)9-19-7-5-11-12(15(17)20)2-1-3-14(11)19/h1-8H,9H2,(H2,17,20). The first kappa shape index (κ1) is 13.1. The van der Waals surface area contributed by atoms with E-state index in [-0.39, 0.29) is 0 Å². The summed E-state index contributed by atoms with van der Waals surface area (Å²) in [5.74, 6) is 0. The van der Waals surface area contributed by atoms with Crippen LogP contribution in [0.15, 0.2) is 48.9 Å². The quantitative estimate of drug-likeness (QED) is 0.754. The van der Waals surface area contributed by atoms with Crippen LogP contribution in [0.2, 0.25) is 5.02 Å². The number of rotatable bonds is 3. The van der Waals surface area contributed by atoms with Crippen molar-refractivity contribution < 1.29 is 0 Å². The molecule has 0 radical (unpaired) electrons. The molecule has 0 aliphatic rings. The Hall–Kier alpha value is -1.91. The molecular weight excluding hydrogens is 290 g/mol. The fourth-order valence-electron chi connectivity index (χ4n) is 2.29. The molecule has 1 aromatic carbocycles. The number of nitrogens with zero attached hydrogens (tertiary/aromatic N) is 2. The lowest BCUT2D eigenvalue weighted by Gasteiger charge is -2.08. The summed E-state index contributed by atoms with van der Waals surface area (Å²) >= 11 is 11.2. The first-order valence-corrected chi connectivity index (χ1v) is 6.91. The van der Waals surface area contributed by atoms with Crippen LogP contribution in [-0.2, 0) is 6.54 Å². The third-order valence-electron chi connectivity index (χ3n) is 3.28. The first-order chi connectivity index (χ1) is 9.66. The third kappa shape index (κ3) is 2.28. The van der Waals surface area contributed by atoms with Crippen LogP contribution in [0.25, 0.3) is 10.9 Å². The van der Waals surface area contributed by atoms with Gasteiger partial charge in [-0.15, -0.1) is 0 Å². The van der Waals surface area contributed by atoms with Crippen molar-refractivity contribution in [1.29, 1.82) is 0 Å². The van der Waals surface area contributed by atoms with E-state index in [1.54, 1.807) is 12.4 Å². The highest BCUT2D eigenvalue weighted by atomic mass is 35.5. The van der Waals surface area contributed by atoms with E-state index in [9.17, 15) is 0 Å². The zero-order valence-electron chi connectivity index (χ0n) is 10.6. The van der Waals surface area contributed by atoms with Gasteiger partial charge in [-0.25, -0.2) is 0 Å². The Labute approximate surface area is 127 Å². The lowest BCUT2D eigenvalue weighted by atomic mass is 10.1. The molecule has 3 nitrogen and oxygen atoms in total. The molecule has 0 fully saturated rings. The predicted octanol–water partition coefficient (Wildman–Crippen LogP) is 3.37. The summed E-state index contributed by atoms with van der Waals surface area (Å²) in [7, 11) is 0. The highest BCUT2D eigenvalue weighted by Gasteiger charge is 2.08. The number of thiocarbonyl (C=S) groups is 1. The smallest absolute Gasteiger partial charge is 0.104 e. The zero-order valence-corrected chi connectivity index (χ0v) is 12.2. The molecule has 0 atom stereocenters. The van der Waals surface area contributed by atoms with Crippen LogP contribution in [-0.4, -0.2) is 14.5 Å². The highest BCUT2D eigenvalue weighted by Crippen LogP contribution is 2.23. The molecular formula is C15H12ClN3S. The summed E-state index contributed by atoms with van der Waals surface area (Å²) in [6.07, 6.45) is 5.42. The van der Waals surface area contributed by atoms with Crippen molar-refractivity contribution in [2.45, 2.75) is 6.54 Å². The molecule has 0 spiro atoms. The molecule has 20 heavy (non-hydrogen) atoms. The fraction of sp³-hybridized carbons (Fsp3) is 0.0667. The normalized spacial score (nSPS) is 10.8. The van der Waals surface area contributed by atoms with Gasteiger partial charge in [-0.05, 0) is 23.8 Å². The van der Waals surface area contributed by atoms with Crippen molar-refractivity contribution >= 4 is 39.7 Å².